The van der Waals surface area contributed by atoms with Crippen molar-refractivity contribution in [1.82, 2.24) is 10.2 Å². The molecule has 0 spiro atoms. The lowest BCUT2D eigenvalue weighted by Gasteiger charge is -2.53. The average Bonchev–Trinajstić information content (AvgIpc) is 2.65. The second kappa shape index (κ2) is 11.6. The van der Waals surface area contributed by atoms with E-state index in [4.69, 9.17) is 9.47 Å². The first-order chi connectivity index (χ1) is 15.7. The van der Waals surface area contributed by atoms with Gasteiger partial charge in [0, 0.05) is 33.3 Å². The molecule has 0 saturated carbocycles. The molecule has 0 atom stereocenters. The Morgan fingerprint density at radius 1 is 0.743 bits per heavy atom. The molecule has 2 saturated heterocycles. The van der Waals surface area contributed by atoms with Gasteiger partial charge in [0.15, 0.2) is 0 Å². The van der Waals surface area contributed by atoms with Crippen molar-refractivity contribution in [2.24, 2.45) is 11.8 Å². The van der Waals surface area contributed by atoms with Crippen LogP contribution in [0.3, 0.4) is 0 Å². The number of esters is 2. The van der Waals surface area contributed by atoms with Crippen LogP contribution in [0.1, 0.15) is 94.9 Å². The van der Waals surface area contributed by atoms with Crippen LogP contribution in [0.4, 0.5) is 0 Å². The number of carbonyl (C=O) groups is 2. The fraction of sp³-hybridized carbons (Fsp3) is 0.793. The molecule has 6 heteroatoms. The first kappa shape index (κ1) is 31.4. The molecule has 2 rings (SSSR count). The van der Waals surface area contributed by atoms with E-state index in [1.165, 1.54) is 0 Å². The third kappa shape index (κ3) is 10.1. The van der Waals surface area contributed by atoms with E-state index in [1.807, 2.05) is 0 Å². The maximum absolute atomic E-state index is 11.4. The number of likely N-dealkylation sites (tertiary alicyclic amines) is 1. The summed E-state index contributed by atoms with van der Waals surface area (Å²) < 4.78 is 10.6. The van der Waals surface area contributed by atoms with Crippen molar-refractivity contribution in [3.05, 3.63) is 24.3 Å². The van der Waals surface area contributed by atoms with Crippen molar-refractivity contribution in [2.45, 2.75) is 117 Å². The van der Waals surface area contributed by atoms with Crippen molar-refractivity contribution >= 4 is 11.9 Å². The van der Waals surface area contributed by atoms with Gasteiger partial charge < -0.3 is 14.8 Å². The Balaban J connectivity index is 0.000000351. The van der Waals surface area contributed by atoms with E-state index >= 15 is 0 Å². The second-order valence-corrected chi connectivity index (χ2v) is 13.4. The standard InChI is InChI=1S/C15H27NO2.C14H25NO2/c1-11(2)13(17)18-10-12-8-14(3,4)16(7)15(5,6)9-12;1-10(2)12(16)17-9-11-7-13(3,4)15-14(5,6)8-11/h12H,1,8-10H2,2-7H3;11,15H,1,7-9H2,2-6H3. The number of rotatable bonds is 6. The van der Waals surface area contributed by atoms with Gasteiger partial charge in [-0.25, -0.2) is 9.59 Å². The van der Waals surface area contributed by atoms with E-state index in [2.05, 4.69) is 85.8 Å². The van der Waals surface area contributed by atoms with Crippen LogP contribution in [0.25, 0.3) is 0 Å². The van der Waals surface area contributed by atoms with E-state index in [0.717, 1.165) is 25.7 Å². The van der Waals surface area contributed by atoms with E-state index in [0.29, 0.717) is 36.2 Å². The first-order valence-electron chi connectivity index (χ1n) is 12.9. The number of piperidine rings is 2. The lowest BCUT2D eigenvalue weighted by atomic mass is 9.74. The number of nitrogens with zero attached hydrogens (tertiary/aromatic N) is 1. The van der Waals surface area contributed by atoms with Gasteiger partial charge in [0.25, 0.3) is 0 Å². The predicted molar refractivity (Wildman–Crippen MR) is 144 cm³/mol. The molecule has 0 unspecified atom stereocenters. The number of hydrogen-bond donors (Lipinski definition) is 1. The van der Waals surface area contributed by atoms with Crippen LogP contribution in [0.5, 0.6) is 0 Å². The Labute approximate surface area is 214 Å². The quantitative estimate of drug-likeness (QED) is 0.381. The average molecular weight is 493 g/mol. The number of ether oxygens (including phenoxy) is 2. The molecule has 2 fully saturated rings. The Hall–Kier alpha value is -1.66. The SMILES string of the molecule is C=C(C)C(=O)OCC1CC(C)(C)N(C)C(C)(C)C1.C=C(C)C(=O)OCC1CC(C)(C)NC(C)(C)C1. The van der Waals surface area contributed by atoms with E-state index in [-0.39, 0.29) is 34.1 Å². The molecule has 0 amide bonds. The highest BCUT2D eigenvalue weighted by Crippen LogP contribution is 2.40. The minimum atomic E-state index is -0.279. The fourth-order valence-corrected chi connectivity index (χ4v) is 5.98. The van der Waals surface area contributed by atoms with Gasteiger partial charge in [0.05, 0.1) is 13.2 Å². The zero-order valence-electron chi connectivity index (χ0n) is 24.4. The van der Waals surface area contributed by atoms with Crippen LogP contribution in [0, 0.1) is 11.8 Å². The maximum atomic E-state index is 11.4. The molecule has 2 heterocycles. The van der Waals surface area contributed by atoms with Crippen molar-refractivity contribution < 1.29 is 19.1 Å². The van der Waals surface area contributed by atoms with E-state index in [1.54, 1.807) is 13.8 Å². The van der Waals surface area contributed by atoms with Crippen LogP contribution < -0.4 is 5.32 Å². The molecule has 35 heavy (non-hydrogen) atoms. The number of nitrogens with one attached hydrogen (secondary N) is 1. The minimum absolute atomic E-state index is 0.0993. The van der Waals surface area contributed by atoms with Crippen LogP contribution in [-0.2, 0) is 19.1 Å². The summed E-state index contributed by atoms with van der Waals surface area (Å²) in [4.78, 5) is 25.2. The monoisotopic (exact) mass is 492 g/mol. The van der Waals surface area contributed by atoms with Crippen LogP contribution >= 0.6 is 0 Å². The topological polar surface area (TPSA) is 67.9 Å². The Morgan fingerprint density at radius 2 is 1.06 bits per heavy atom. The highest BCUT2D eigenvalue weighted by atomic mass is 16.5. The molecular weight excluding hydrogens is 440 g/mol. The molecule has 1 N–H and O–H groups in total. The van der Waals surface area contributed by atoms with Gasteiger partial charge in [-0.15, -0.1) is 0 Å². The summed E-state index contributed by atoms with van der Waals surface area (Å²) in [5.41, 5.74) is 1.42. The smallest absolute Gasteiger partial charge is 0.333 e. The Morgan fingerprint density at radius 3 is 1.37 bits per heavy atom. The summed E-state index contributed by atoms with van der Waals surface area (Å²) >= 11 is 0. The highest BCUT2D eigenvalue weighted by Gasteiger charge is 2.43. The summed E-state index contributed by atoms with van der Waals surface area (Å²) in [5.74, 6) is 0.294. The first-order valence-corrected chi connectivity index (χ1v) is 12.9. The maximum Gasteiger partial charge on any atom is 0.333 e. The van der Waals surface area contributed by atoms with Crippen molar-refractivity contribution in [2.75, 3.05) is 20.3 Å². The Bertz CT molecular complexity index is 761. The molecule has 0 aromatic heterocycles. The fourth-order valence-electron chi connectivity index (χ4n) is 5.98. The van der Waals surface area contributed by atoms with Gasteiger partial charge in [-0.3, -0.25) is 4.90 Å². The molecule has 0 aromatic carbocycles. The molecule has 6 nitrogen and oxygen atoms in total. The predicted octanol–water partition coefficient (Wildman–Crippen LogP) is 5.67. The van der Waals surface area contributed by atoms with Crippen molar-refractivity contribution in [3.8, 4) is 0 Å². The number of hydrogen-bond acceptors (Lipinski definition) is 6. The van der Waals surface area contributed by atoms with Gasteiger partial charge >= 0.3 is 11.9 Å². The molecular formula is C29H52N2O4. The molecule has 0 aromatic rings. The molecule has 0 aliphatic carbocycles. The summed E-state index contributed by atoms with van der Waals surface area (Å²) in [6.45, 7) is 29.4. The Kier molecular flexibility index (Phi) is 10.4. The lowest BCUT2D eigenvalue weighted by Crippen LogP contribution is -2.59. The molecule has 0 bridgehead atoms. The van der Waals surface area contributed by atoms with Crippen molar-refractivity contribution in [3.63, 3.8) is 0 Å². The third-order valence-corrected chi connectivity index (χ3v) is 7.26. The molecule has 2 aliphatic heterocycles. The summed E-state index contributed by atoms with van der Waals surface area (Å²) in [5, 5.41) is 3.61. The van der Waals surface area contributed by atoms with Crippen LogP contribution in [0.2, 0.25) is 0 Å². The van der Waals surface area contributed by atoms with Crippen molar-refractivity contribution in [1.29, 1.82) is 0 Å². The molecule has 202 valence electrons. The minimum Gasteiger partial charge on any atom is -0.462 e. The van der Waals surface area contributed by atoms with E-state index in [9.17, 15) is 9.59 Å². The summed E-state index contributed by atoms with van der Waals surface area (Å²) in [6.07, 6.45) is 4.16. The van der Waals surface area contributed by atoms with E-state index < -0.39 is 0 Å². The molecule has 0 radical (unpaired) electrons. The van der Waals surface area contributed by atoms with Gasteiger partial charge in [-0.2, -0.15) is 0 Å². The summed E-state index contributed by atoms with van der Waals surface area (Å²) in [6, 6.07) is 0. The highest BCUT2D eigenvalue weighted by molar-refractivity contribution is 5.87. The second-order valence-electron chi connectivity index (χ2n) is 13.4. The van der Waals surface area contributed by atoms with Gasteiger partial charge in [-0.1, -0.05) is 13.2 Å². The zero-order valence-corrected chi connectivity index (χ0v) is 24.4. The third-order valence-electron chi connectivity index (χ3n) is 7.26. The van der Waals surface area contributed by atoms with Crippen LogP contribution in [-0.4, -0.2) is 59.3 Å². The normalized spacial score (nSPS) is 23.4. The summed E-state index contributed by atoms with van der Waals surface area (Å²) in [7, 11) is 2.18. The lowest BCUT2D eigenvalue weighted by molar-refractivity contribution is -0.143. The van der Waals surface area contributed by atoms with Gasteiger partial charge in [0.2, 0.25) is 0 Å². The zero-order chi connectivity index (χ0) is 27.4. The number of carbonyl (C=O) groups excluding carboxylic acids is 2. The molecule has 2 aliphatic rings. The van der Waals surface area contributed by atoms with Crippen LogP contribution in [0.15, 0.2) is 24.3 Å². The van der Waals surface area contributed by atoms with Gasteiger partial charge in [0.1, 0.15) is 0 Å². The van der Waals surface area contributed by atoms with Gasteiger partial charge in [-0.05, 0) is 114 Å². The largest absolute Gasteiger partial charge is 0.462 e.